The van der Waals surface area contributed by atoms with E-state index in [9.17, 15) is 18.0 Å². The number of alkyl halides is 3. The number of hydrogen-bond acceptors (Lipinski definition) is 2. The molecule has 0 saturated carbocycles. The second-order valence-electron chi connectivity index (χ2n) is 2.31. The highest BCUT2D eigenvalue weighted by Crippen LogP contribution is 2.26. The number of ketones is 1. The average molecular weight is 288 g/mol. The number of carbonyl (C=O) groups is 1. The van der Waals surface area contributed by atoms with Crippen molar-refractivity contribution >= 4 is 33.3 Å². The summed E-state index contributed by atoms with van der Waals surface area (Å²) in [4.78, 5) is 14.3. The van der Waals surface area contributed by atoms with Crippen molar-refractivity contribution in [2.24, 2.45) is 0 Å². The van der Waals surface area contributed by atoms with E-state index in [1.807, 2.05) is 0 Å². The molecule has 0 aliphatic carbocycles. The van der Waals surface area contributed by atoms with Crippen molar-refractivity contribution in [1.82, 2.24) is 4.98 Å². The molecule has 0 radical (unpaired) electrons. The number of Topliss-reactive ketones (excluding diaryl/α,β-unsaturated/α-hetero) is 1. The van der Waals surface area contributed by atoms with Crippen molar-refractivity contribution in [3.05, 3.63) is 28.2 Å². The van der Waals surface area contributed by atoms with E-state index in [-0.39, 0.29) is 4.60 Å². The molecule has 0 saturated heterocycles. The highest BCUT2D eigenvalue weighted by Gasteiger charge is 2.38. The first kappa shape index (κ1) is 11.5. The van der Waals surface area contributed by atoms with Gasteiger partial charge in [-0.15, -0.1) is 0 Å². The lowest BCUT2D eigenvalue weighted by Crippen LogP contribution is -2.22. The second kappa shape index (κ2) is 3.86. The van der Waals surface area contributed by atoms with Crippen molar-refractivity contribution in [1.29, 1.82) is 0 Å². The standard InChI is InChI=1S/C7H2BrClF3NO/c8-5-1-3(4(10)2-13-5)6(14)7(9,11)12/h1-2H. The van der Waals surface area contributed by atoms with Gasteiger partial charge in [0.05, 0.1) is 11.8 Å². The summed E-state index contributed by atoms with van der Waals surface area (Å²) in [6.07, 6.45) is 0.653. The number of rotatable bonds is 2. The number of aromatic nitrogens is 1. The summed E-state index contributed by atoms with van der Waals surface area (Å²) in [5.41, 5.74) is -0.799. The molecule has 0 atom stereocenters. The van der Waals surface area contributed by atoms with Crippen molar-refractivity contribution < 1.29 is 18.0 Å². The van der Waals surface area contributed by atoms with Crippen molar-refractivity contribution in [3.8, 4) is 0 Å². The predicted molar refractivity (Wildman–Crippen MR) is 47.0 cm³/mol. The zero-order valence-corrected chi connectivity index (χ0v) is 8.74. The van der Waals surface area contributed by atoms with Crippen LogP contribution in [0.3, 0.4) is 0 Å². The first-order valence-corrected chi connectivity index (χ1v) is 4.42. The molecule has 0 N–H and O–H groups in total. The highest BCUT2D eigenvalue weighted by atomic mass is 79.9. The lowest BCUT2D eigenvalue weighted by Gasteiger charge is -2.06. The molecule has 7 heteroatoms. The summed E-state index contributed by atoms with van der Waals surface area (Å²) in [5.74, 6) is -2.93. The SMILES string of the molecule is O=C(c1cc(Br)ncc1F)C(F)(F)Cl. The predicted octanol–water partition coefficient (Wildman–Crippen LogP) is 3.00. The molecule has 2 nitrogen and oxygen atoms in total. The monoisotopic (exact) mass is 287 g/mol. The van der Waals surface area contributed by atoms with Gasteiger partial charge in [-0.05, 0) is 33.6 Å². The van der Waals surface area contributed by atoms with Crippen LogP contribution in [0.2, 0.25) is 0 Å². The van der Waals surface area contributed by atoms with Gasteiger partial charge in [-0.2, -0.15) is 8.78 Å². The lowest BCUT2D eigenvalue weighted by molar-refractivity contribution is 0.0531. The summed E-state index contributed by atoms with van der Waals surface area (Å²) in [7, 11) is 0. The molecule has 1 aromatic rings. The van der Waals surface area contributed by atoms with Crippen LogP contribution >= 0.6 is 27.5 Å². The fourth-order valence-corrected chi connectivity index (χ4v) is 1.17. The minimum atomic E-state index is -4.11. The number of carbonyl (C=O) groups excluding carboxylic acids is 1. The molecule has 0 aliphatic heterocycles. The highest BCUT2D eigenvalue weighted by molar-refractivity contribution is 9.10. The third-order valence-electron chi connectivity index (χ3n) is 1.32. The molecule has 0 amide bonds. The molecular weight excluding hydrogens is 286 g/mol. The van der Waals surface area contributed by atoms with Crippen LogP contribution in [0.15, 0.2) is 16.9 Å². The van der Waals surface area contributed by atoms with E-state index < -0.39 is 22.5 Å². The second-order valence-corrected chi connectivity index (χ2v) is 3.60. The molecule has 0 fully saturated rings. The van der Waals surface area contributed by atoms with Crippen LogP contribution in [0.4, 0.5) is 13.2 Å². The summed E-state index contributed by atoms with van der Waals surface area (Å²) in [6, 6.07) is 0.841. The van der Waals surface area contributed by atoms with Crippen LogP contribution in [-0.4, -0.2) is 16.1 Å². The van der Waals surface area contributed by atoms with Crippen LogP contribution in [0, 0.1) is 5.82 Å². The minimum absolute atomic E-state index is 0.0724. The van der Waals surface area contributed by atoms with E-state index in [4.69, 9.17) is 0 Å². The van der Waals surface area contributed by atoms with Gasteiger partial charge in [0.25, 0.3) is 5.78 Å². The van der Waals surface area contributed by atoms with E-state index in [2.05, 4.69) is 32.5 Å². The van der Waals surface area contributed by atoms with Gasteiger partial charge in [0, 0.05) is 0 Å². The van der Waals surface area contributed by atoms with Crippen molar-refractivity contribution in [2.75, 3.05) is 0 Å². The van der Waals surface area contributed by atoms with E-state index >= 15 is 0 Å². The first-order chi connectivity index (χ1) is 6.32. The van der Waals surface area contributed by atoms with E-state index in [1.165, 1.54) is 0 Å². The maximum Gasteiger partial charge on any atom is 0.385 e. The Bertz CT molecular complexity index is 380. The van der Waals surface area contributed by atoms with Gasteiger partial charge in [0.1, 0.15) is 4.60 Å². The van der Waals surface area contributed by atoms with Crippen LogP contribution in [-0.2, 0) is 0 Å². The smallest absolute Gasteiger partial charge is 0.286 e. The maximum atomic E-state index is 12.9. The van der Waals surface area contributed by atoms with Gasteiger partial charge in [-0.25, -0.2) is 9.37 Å². The molecule has 0 spiro atoms. The summed E-state index contributed by atoms with van der Waals surface area (Å²) in [5, 5.41) is -4.11. The number of nitrogens with zero attached hydrogens (tertiary/aromatic N) is 1. The Hall–Kier alpha value is -0.620. The normalized spacial score (nSPS) is 11.5. The summed E-state index contributed by atoms with van der Waals surface area (Å²) >= 11 is 7.27. The molecular formula is C7H2BrClF3NO. The molecule has 76 valence electrons. The first-order valence-electron chi connectivity index (χ1n) is 3.25. The molecule has 0 aliphatic rings. The van der Waals surface area contributed by atoms with Crippen LogP contribution in [0.5, 0.6) is 0 Å². The molecule has 1 aromatic heterocycles. The zero-order chi connectivity index (χ0) is 10.9. The quantitative estimate of drug-likeness (QED) is 0.476. The third-order valence-corrected chi connectivity index (χ3v) is 1.93. The number of pyridine rings is 1. The van der Waals surface area contributed by atoms with Gasteiger partial charge >= 0.3 is 5.38 Å². The van der Waals surface area contributed by atoms with Crippen LogP contribution in [0.25, 0.3) is 0 Å². The Morgan fingerprint density at radius 1 is 1.57 bits per heavy atom. The fourth-order valence-electron chi connectivity index (χ4n) is 0.740. The molecule has 0 bridgehead atoms. The van der Waals surface area contributed by atoms with Gasteiger partial charge in [-0.3, -0.25) is 4.79 Å². The van der Waals surface area contributed by atoms with E-state index in [1.54, 1.807) is 0 Å². The molecule has 0 unspecified atom stereocenters. The van der Waals surface area contributed by atoms with E-state index in [0.717, 1.165) is 6.07 Å². The van der Waals surface area contributed by atoms with Crippen molar-refractivity contribution in [2.45, 2.75) is 5.38 Å². The molecule has 14 heavy (non-hydrogen) atoms. The number of halogens is 5. The summed E-state index contributed by atoms with van der Waals surface area (Å²) in [6.45, 7) is 0. The summed E-state index contributed by atoms with van der Waals surface area (Å²) < 4.78 is 37.6. The Morgan fingerprint density at radius 2 is 2.14 bits per heavy atom. The Morgan fingerprint density at radius 3 is 2.64 bits per heavy atom. The average Bonchev–Trinajstić information content (AvgIpc) is 2.06. The van der Waals surface area contributed by atoms with Gasteiger partial charge in [0.2, 0.25) is 0 Å². The van der Waals surface area contributed by atoms with Gasteiger partial charge in [0.15, 0.2) is 5.82 Å². The van der Waals surface area contributed by atoms with Crippen LogP contribution < -0.4 is 0 Å². The Labute approximate surface area is 90.2 Å². The Kier molecular flexibility index (Phi) is 3.16. The lowest BCUT2D eigenvalue weighted by atomic mass is 10.2. The molecule has 1 rings (SSSR count). The molecule has 0 aromatic carbocycles. The molecule has 1 heterocycles. The maximum absolute atomic E-state index is 12.9. The minimum Gasteiger partial charge on any atom is -0.286 e. The van der Waals surface area contributed by atoms with E-state index in [0.29, 0.717) is 6.20 Å². The Balaban J connectivity index is 3.19. The zero-order valence-electron chi connectivity index (χ0n) is 6.40. The van der Waals surface area contributed by atoms with Gasteiger partial charge in [-0.1, -0.05) is 0 Å². The third kappa shape index (κ3) is 2.45. The van der Waals surface area contributed by atoms with Crippen molar-refractivity contribution in [3.63, 3.8) is 0 Å². The number of hydrogen-bond donors (Lipinski definition) is 0. The topological polar surface area (TPSA) is 30.0 Å². The van der Waals surface area contributed by atoms with Crippen LogP contribution in [0.1, 0.15) is 10.4 Å². The fraction of sp³-hybridized carbons (Fsp3) is 0.143. The van der Waals surface area contributed by atoms with Gasteiger partial charge < -0.3 is 0 Å². The largest absolute Gasteiger partial charge is 0.385 e.